The van der Waals surface area contributed by atoms with Crippen molar-refractivity contribution in [2.75, 3.05) is 26.6 Å². The third kappa shape index (κ3) is 4.65. The molecule has 0 saturated carbocycles. The monoisotopic (exact) mass is 411 g/mol. The minimum Gasteiger partial charge on any atom is -0.486 e. The number of benzene rings is 2. The van der Waals surface area contributed by atoms with Crippen LogP contribution in [0.1, 0.15) is 24.1 Å². The Balaban J connectivity index is 1.25. The summed E-state index contributed by atoms with van der Waals surface area (Å²) in [6, 6.07) is 10.5. The number of amides is 1. The number of ether oxygens (including phenoxy) is 5. The molecular formula is C22H21NO7. The average molecular weight is 411 g/mol. The van der Waals surface area contributed by atoms with E-state index in [1.165, 1.54) is 6.08 Å². The fourth-order valence-electron chi connectivity index (χ4n) is 3.06. The minimum absolute atomic E-state index is 0.190. The zero-order valence-electron chi connectivity index (χ0n) is 16.4. The minimum atomic E-state index is -0.615. The van der Waals surface area contributed by atoms with Gasteiger partial charge in [-0.15, -0.1) is 0 Å². The Morgan fingerprint density at radius 3 is 2.57 bits per heavy atom. The largest absolute Gasteiger partial charge is 0.486 e. The molecular weight excluding hydrogens is 390 g/mol. The van der Waals surface area contributed by atoms with Gasteiger partial charge in [-0.3, -0.25) is 4.79 Å². The molecule has 8 heteroatoms. The van der Waals surface area contributed by atoms with Gasteiger partial charge in [0.1, 0.15) is 13.2 Å². The number of fused-ring (bicyclic) bond motifs is 2. The highest BCUT2D eigenvalue weighted by atomic mass is 16.7. The summed E-state index contributed by atoms with van der Waals surface area (Å²) in [5.74, 6) is 1.61. The molecule has 1 atom stereocenters. The fraction of sp³-hybridized carbons (Fsp3) is 0.273. The van der Waals surface area contributed by atoms with E-state index in [-0.39, 0.29) is 19.4 Å². The molecule has 156 valence electrons. The van der Waals surface area contributed by atoms with Crippen molar-refractivity contribution < 1.29 is 33.3 Å². The van der Waals surface area contributed by atoms with Gasteiger partial charge in [0.2, 0.25) is 6.79 Å². The van der Waals surface area contributed by atoms with Gasteiger partial charge in [-0.1, -0.05) is 12.1 Å². The van der Waals surface area contributed by atoms with Crippen LogP contribution in [0.4, 0.5) is 0 Å². The molecule has 0 radical (unpaired) electrons. The second-order valence-electron chi connectivity index (χ2n) is 6.75. The van der Waals surface area contributed by atoms with Gasteiger partial charge < -0.3 is 29.0 Å². The summed E-state index contributed by atoms with van der Waals surface area (Å²) in [7, 11) is 0. The molecule has 2 aliphatic heterocycles. The summed E-state index contributed by atoms with van der Waals surface area (Å²) in [4.78, 5) is 24.0. The van der Waals surface area contributed by atoms with Crippen LogP contribution in [-0.4, -0.2) is 38.5 Å². The van der Waals surface area contributed by atoms with Crippen LogP contribution in [0.15, 0.2) is 42.5 Å². The molecule has 2 aromatic carbocycles. The van der Waals surface area contributed by atoms with E-state index in [4.69, 9.17) is 23.7 Å². The number of carbonyl (C=O) groups is 2. The van der Waals surface area contributed by atoms with Gasteiger partial charge in [0.25, 0.3) is 5.91 Å². The molecule has 0 unspecified atom stereocenters. The Bertz CT molecular complexity index is 985. The SMILES string of the molecule is C[C@H](NC(=O)COC(=O)/C=C/c1ccc2c(c1)OCCO2)c1ccc2c(c1)OCO2. The van der Waals surface area contributed by atoms with Gasteiger partial charge in [-0.2, -0.15) is 0 Å². The molecule has 2 heterocycles. The molecule has 0 saturated heterocycles. The topological polar surface area (TPSA) is 92.3 Å². The van der Waals surface area contributed by atoms with Crippen molar-refractivity contribution in [1.82, 2.24) is 5.32 Å². The third-order valence-corrected chi connectivity index (χ3v) is 4.60. The van der Waals surface area contributed by atoms with E-state index in [0.29, 0.717) is 36.2 Å². The van der Waals surface area contributed by atoms with Crippen LogP contribution in [0, 0.1) is 0 Å². The van der Waals surface area contributed by atoms with Crippen LogP contribution in [0.2, 0.25) is 0 Å². The smallest absolute Gasteiger partial charge is 0.331 e. The Kier molecular flexibility index (Phi) is 5.74. The number of hydrogen-bond acceptors (Lipinski definition) is 7. The summed E-state index contributed by atoms with van der Waals surface area (Å²) in [6.07, 6.45) is 2.85. The number of hydrogen-bond donors (Lipinski definition) is 1. The summed E-state index contributed by atoms with van der Waals surface area (Å²) < 4.78 is 26.6. The van der Waals surface area contributed by atoms with E-state index in [1.807, 2.05) is 19.1 Å². The van der Waals surface area contributed by atoms with Crippen molar-refractivity contribution in [3.05, 3.63) is 53.6 Å². The molecule has 0 aliphatic carbocycles. The van der Waals surface area contributed by atoms with Crippen LogP contribution in [0.5, 0.6) is 23.0 Å². The maximum absolute atomic E-state index is 12.1. The van der Waals surface area contributed by atoms with Crippen molar-refractivity contribution in [1.29, 1.82) is 0 Å². The first-order valence-electron chi connectivity index (χ1n) is 9.52. The lowest BCUT2D eigenvalue weighted by Crippen LogP contribution is -2.30. The highest BCUT2D eigenvalue weighted by Gasteiger charge is 2.17. The lowest BCUT2D eigenvalue weighted by molar-refractivity contribution is -0.144. The molecule has 0 aromatic heterocycles. The van der Waals surface area contributed by atoms with Crippen molar-refractivity contribution in [2.45, 2.75) is 13.0 Å². The molecule has 0 spiro atoms. The van der Waals surface area contributed by atoms with Gasteiger partial charge in [0.15, 0.2) is 29.6 Å². The van der Waals surface area contributed by atoms with Crippen LogP contribution in [0.25, 0.3) is 6.08 Å². The predicted molar refractivity (Wildman–Crippen MR) is 107 cm³/mol. The highest BCUT2D eigenvalue weighted by molar-refractivity contribution is 5.89. The van der Waals surface area contributed by atoms with Crippen LogP contribution in [0.3, 0.4) is 0 Å². The van der Waals surface area contributed by atoms with Crippen LogP contribution < -0.4 is 24.3 Å². The van der Waals surface area contributed by atoms with Crippen LogP contribution >= 0.6 is 0 Å². The molecule has 0 fully saturated rings. The summed E-state index contributed by atoms with van der Waals surface area (Å²) in [6.45, 7) is 2.65. The van der Waals surface area contributed by atoms with E-state index < -0.39 is 11.9 Å². The van der Waals surface area contributed by atoms with Crippen molar-refractivity contribution in [2.24, 2.45) is 0 Å². The number of carbonyl (C=O) groups excluding carboxylic acids is 2. The molecule has 4 rings (SSSR count). The van der Waals surface area contributed by atoms with Crippen LogP contribution in [-0.2, 0) is 14.3 Å². The van der Waals surface area contributed by atoms with Gasteiger partial charge in [-0.25, -0.2) is 4.79 Å². The second kappa shape index (κ2) is 8.77. The molecule has 2 aromatic rings. The number of rotatable bonds is 6. The van der Waals surface area contributed by atoms with E-state index in [9.17, 15) is 9.59 Å². The maximum Gasteiger partial charge on any atom is 0.331 e. The fourth-order valence-corrected chi connectivity index (χ4v) is 3.06. The highest BCUT2D eigenvalue weighted by Crippen LogP contribution is 2.34. The zero-order chi connectivity index (χ0) is 20.9. The Morgan fingerprint density at radius 1 is 1.00 bits per heavy atom. The van der Waals surface area contributed by atoms with Gasteiger partial charge in [-0.05, 0) is 48.4 Å². The van der Waals surface area contributed by atoms with Gasteiger partial charge in [0, 0.05) is 6.08 Å². The molecule has 1 amide bonds. The maximum atomic E-state index is 12.1. The lowest BCUT2D eigenvalue weighted by Gasteiger charge is -2.18. The summed E-state index contributed by atoms with van der Waals surface area (Å²) >= 11 is 0. The predicted octanol–water partition coefficient (Wildman–Crippen LogP) is 2.62. The normalized spacial score (nSPS) is 15.0. The van der Waals surface area contributed by atoms with Gasteiger partial charge in [0.05, 0.1) is 6.04 Å². The average Bonchev–Trinajstić information content (AvgIpc) is 3.24. The lowest BCUT2D eigenvalue weighted by atomic mass is 10.1. The van der Waals surface area contributed by atoms with E-state index in [1.54, 1.807) is 30.3 Å². The number of esters is 1. The molecule has 2 aliphatic rings. The first kappa shape index (κ1) is 19.6. The molecule has 30 heavy (non-hydrogen) atoms. The quantitative estimate of drug-likeness (QED) is 0.577. The Labute approximate surface area is 173 Å². The first-order valence-corrected chi connectivity index (χ1v) is 9.52. The molecule has 1 N–H and O–H groups in total. The van der Waals surface area contributed by atoms with Crippen molar-refractivity contribution in [3.8, 4) is 23.0 Å². The Morgan fingerprint density at radius 2 is 1.70 bits per heavy atom. The van der Waals surface area contributed by atoms with Crippen molar-refractivity contribution in [3.63, 3.8) is 0 Å². The van der Waals surface area contributed by atoms with E-state index in [2.05, 4.69) is 5.32 Å². The summed E-state index contributed by atoms with van der Waals surface area (Å²) in [5.41, 5.74) is 1.62. The standard InChI is InChI=1S/C22H21NO7/c1-14(16-4-6-18-20(11-16)30-13-29-18)23-21(24)12-28-22(25)7-3-15-2-5-17-19(10-15)27-9-8-26-17/h2-7,10-11,14H,8-9,12-13H2,1H3,(H,23,24)/b7-3+/t14-/m0/s1. The zero-order valence-corrected chi connectivity index (χ0v) is 16.4. The summed E-state index contributed by atoms with van der Waals surface area (Å²) in [5, 5.41) is 2.78. The van der Waals surface area contributed by atoms with Crippen molar-refractivity contribution >= 4 is 18.0 Å². The second-order valence-corrected chi connectivity index (χ2v) is 6.75. The third-order valence-electron chi connectivity index (χ3n) is 4.60. The van der Waals surface area contributed by atoms with E-state index >= 15 is 0 Å². The molecule has 8 nitrogen and oxygen atoms in total. The Hall–Kier alpha value is -3.68. The first-order chi connectivity index (χ1) is 14.6. The van der Waals surface area contributed by atoms with Gasteiger partial charge >= 0.3 is 5.97 Å². The van der Waals surface area contributed by atoms with E-state index in [0.717, 1.165) is 11.1 Å². The number of nitrogens with one attached hydrogen (secondary N) is 1. The molecule has 0 bridgehead atoms.